The zero-order chi connectivity index (χ0) is 6.53. The average Bonchev–Trinajstić information content (AvgIpc) is 2.34. The highest BCUT2D eigenvalue weighted by atomic mass is 16.5. The predicted octanol–water partition coefficient (Wildman–Crippen LogP) is 0.587. The molecule has 0 bridgehead atoms. The van der Waals surface area contributed by atoms with Crippen molar-refractivity contribution in [2.24, 2.45) is 5.92 Å². The molecule has 9 heavy (non-hydrogen) atoms. The zero-order valence-electron chi connectivity index (χ0n) is 5.22. The summed E-state index contributed by atoms with van der Waals surface area (Å²) in [5.41, 5.74) is 0. The first-order valence-electron chi connectivity index (χ1n) is 3.04. The minimum atomic E-state index is 0.489. The molecule has 1 heterocycles. The zero-order valence-corrected chi connectivity index (χ0v) is 5.22. The molecule has 0 spiro atoms. The Balaban J connectivity index is 2.06. The summed E-state index contributed by atoms with van der Waals surface area (Å²) in [5, 5.41) is 0. The SMILES string of the molecule is [C]#COCC1CCOC1. The summed E-state index contributed by atoms with van der Waals surface area (Å²) in [6, 6.07) is 0. The van der Waals surface area contributed by atoms with Crippen molar-refractivity contribution in [2.45, 2.75) is 6.42 Å². The van der Waals surface area contributed by atoms with Crippen molar-refractivity contribution in [1.29, 1.82) is 0 Å². The van der Waals surface area contributed by atoms with Gasteiger partial charge in [-0.15, -0.1) is 0 Å². The van der Waals surface area contributed by atoms with E-state index in [2.05, 4.69) is 4.74 Å². The molecule has 1 rings (SSSR count). The molecule has 0 aromatic heterocycles. The fourth-order valence-electron chi connectivity index (χ4n) is 0.874. The van der Waals surface area contributed by atoms with Crippen LogP contribution in [0.25, 0.3) is 0 Å². The lowest BCUT2D eigenvalue weighted by molar-refractivity contribution is 0.158. The molecule has 0 aromatic rings. The van der Waals surface area contributed by atoms with Gasteiger partial charge in [-0.3, -0.25) is 0 Å². The number of ether oxygens (including phenoxy) is 2. The Hall–Kier alpha value is -0.680. The van der Waals surface area contributed by atoms with Crippen LogP contribution in [0.2, 0.25) is 0 Å². The van der Waals surface area contributed by atoms with Crippen molar-refractivity contribution in [3.8, 4) is 6.11 Å². The summed E-state index contributed by atoms with van der Waals surface area (Å²) < 4.78 is 9.74. The molecular formula is C7H9O2. The molecule has 0 amide bonds. The average molecular weight is 125 g/mol. The molecule has 0 N–H and O–H groups in total. The molecule has 1 atom stereocenters. The van der Waals surface area contributed by atoms with Crippen LogP contribution in [0.1, 0.15) is 6.42 Å². The molecule has 1 fully saturated rings. The van der Waals surface area contributed by atoms with Gasteiger partial charge in [0.15, 0.2) is 0 Å². The van der Waals surface area contributed by atoms with E-state index in [4.69, 9.17) is 11.2 Å². The lowest BCUT2D eigenvalue weighted by Crippen LogP contribution is -2.06. The standard InChI is InChI=1S/C7H9O2/c1-2-8-5-7-3-4-9-6-7/h7H,3-6H2. The normalized spacial score (nSPS) is 25.4. The van der Waals surface area contributed by atoms with Crippen LogP contribution in [0.15, 0.2) is 0 Å². The highest BCUT2D eigenvalue weighted by Gasteiger charge is 2.15. The van der Waals surface area contributed by atoms with Crippen LogP contribution in [0, 0.1) is 18.4 Å². The van der Waals surface area contributed by atoms with Crippen LogP contribution < -0.4 is 0 Å². The van der Waals surface area contributed by atoms with Crippen molar-refractivity contribution < 1.29 is 9.47 Å². The maximum atomic E-state index is 6.45. The van der Waals surface area contributed by atoms with Crippen LogP contribution in [0.5, 0.6) is 0 Å². The molecule has 0 aromatic carbocycles. The minimum absolute atomic E-state index is 0.489. The molecule has 0 aliphatic carbocycles. The van der Waals surface area contributed by atoms with Gasteiger partial charge in [0.25, 0.3) is 0 Å². The first-order valence-corrected chi connectivity index (χ1v) is 3.04. The number of rotatable bonds is 2. The van der Waals surface area contributed by atoms with Gasteiger partial charge in [-0.1, -0.05) is 0 Å². The summed E-state index contributed by atoms with van der Waals surface area (Å²) in [6.07, 6.45) is 9.40. The minimum Gasteiger partial charge on any atom is -0.446 e. The van der Waals surface area contributed by atoms with Crippen molar-refractivity contribution >= 4 is 0 Å². The lowest BCUT2D eigenvalue weighted by Gasteiger charge is -2.02. The van der Waals surface area contributed by atoms with Gasteiger partial charge in [0.05, 0.1) is 6.61 Å². The Morgan fingerprint density at radius 3 is 3.22 bits per heavy atom. The first-order chi connectivity index (χ1) is 4.43. The molecule has 1 aliphatic rings. The van der Waals surface area contributed by atoms with Gasteiger partial charge in [-0.2, -0.15) is 0 Å². The summed E-state index contributed by atoms with van der Waals surface area (Å²) in [5.74, 6) is 0.489. The Labute approximate surface area is 55.1 Å². The maximum absolute atomic E-state index is 6.45. The summed E-state index contributed by atoms with van der Waals surface area (Å²) in [4.78, 5) is 0. The molecule has 1 saturated heterocycles. The number of hydrogen-bond donors (Lipinski definition) is 0. The maximum Gasteiger partial charge on any atom is 0.124 e. The largest absolute Gasteiger partial charge is 0.446 e. The van der Waals surface area contributed by atoms with E-state index < -0.39 is 0 Å². The Kier molecular flexibility index (Phi) is 2.41. The van der Waals surface area contributed by atoms with Gasteiger partial charge in [0.2, 0.25) is 0 Å². The molecule has 2 heteroatoms. The van der Waals surface area contributed by atoms with Gasteiger partial charge in [0, 0.05) is 18.9 Å². The molecule has 1 radical (unpaired) electrons. The van der Waals surface area contributed by atoms with Gasteiger partial charge in [0.1, 0.15) is 12.7 Å². The first kappa shape index (κ1) is 6.44. The van der Waals surface area contributed by atoms with Crippen molar-refractivity contribution in [3.05, 3.63) is 6.42 Å². The van der Waals surface area contributed by atoms with Crippen molar-refractivity contribution in [3.63, 3.8) is 0 Å². The second kappa shape index (κ2) is 3.37. The fraction of sp³-hybridized carbons (Fsp3) is 0.714. The fourth-order valence-corrected chi connectivity index (χ4v) is 0.874. The molecular weight excluding hydrogens is 116 g/mol. The molecule has 0 saturated carbocycles. The number of hydrogen-bond acceptors (Lipinski definition) is 2. The van der Waals surface area contributed by atoms with Crippen LogP contribution in [0.3, 0.4) is 0 Å². The quantitative estimate of drug-likeness (QED) is 0.503. The van der Waals surface area contributed by atoms with E-state index in [0.717, 1.165) is 19.6 Å². The summed E-state index contributed by atoms with van der Waals surface area (Å²) in [7, 11) is 0. The molecule has 1 aliphatic heterocycles. The van der Waals surface area contributed by atoms with Crippen molar-refractivity contribution in [2.75, 3.05) is 19.8 Å². The third-order valence-corrected chi connectivity index (χ3v) is 1.42. The van der Waals surface area contributed by atoms with Gasteiger partial charge < -0.3 is 9.47 Å². The molecule has 1 unspecified atom stereocenters. The Morgan fingerprint density at radius 1 is 1.78 bits per heavy atom. The van der Waals surface area contributed by atoms with Crippen LogP contribution in [-0.4, -0.2) is 19.8 Å². The third-order valence-electron chi connectivity index (χ3n) is 1.42. The van der Waals surface area contributed by atoms with E-state index >= 15 is 0 Å². The van der Waals surface area contributed by atoms with Crippen molar-refractivity contribution in [1.82, 2.24) is 0 Å². The Morgan fingerprint density at radius 2 is 2.67 bits per heavy atom. The van der Waals surface area contributed by atoms with E-state index in [9.17, 15) is 0 Å². The van der Waals surface area contributed by atoms with Gasteiger partial charge in [-0.25, -0.2) is 0 Å². The van der Waals surface area contributed by atoms with E-state index in [1.54, 1.807) is 0 Å². The topological polar surface area (TPSA) is 18.5 Å². The van der Waals surface area contributed by atoms with Crippen LogP contribution in [-0.2, 0) is 9.47 Å². The summed E-state index contributed by atoms with van der Waals surface area (Å²) >= 11 is 0. The lowest BCUT2D eigenvalue weighted by atomic mass is 10.1. The highest BCUT2D eigenvalue weighted by Crippen LogP contribution is 2.11. The third kappa shape index (κ3) is 1.95. The smallest absolute Gasteiger partial charge is 0.124 e. The van der Waals surface area contributed by atoms with E-state index in [-0.39, 0.29) is 0 Å². The second-order valence-corrected chi connectivity index (χ2v) is 2.14. The van der Waals surface area contributed by atoms with Crippen LogP contribution >= 0.6 is 0 Å². The molecule has 49 valence electrons. The van der Waals surface area contributed by atoms with E-state index in [1.807, 2.05) is 6.11 Å². The summed E-state index contributed by atoms with van der Waals surface area (Å²) in [6.45, 7) is 2.21. The molecule has 2 nitrogen and oxygen atoms in total. The van der Waals surface area contributed by atoms with E-state index in [1.165, 1.54) is 0 Å². The monoisotopic (exact) mass is 125 g/mol. The van der Waals surface area contributed by atoms with Gasteiger partial charge in [-0.05, 0) is 6.42 Å². The van der Waals surface area contributed by atoms with Gasteiger partial charge >= 0.3 is 0 Å². The highest BCUT2D eigenvalue weighted by molar-refractivity contribution is 4.66. The predicted molar refractivity (Wildman–Crippen MR) is 32.0 cm³/mol. The van der Waals surface area contributed by atoms with E-state index in [0.29, 0.717) is 12.5 Å². The van der Waals surface area contributed by atoms with Crippen LogP contribution in [0.4, 0.5) is 0 Å². The Bertz CT molecular complexity index is 109. The second-order valence-electron chi connectivity index (χ2n) is 2.14.